The number of aliphatic hydroxyl groups excluding tert-OH is 1. The molecule has 2 atom stereocenters. The first kappa shape index (κ1) is 12.9. The average Bonchev–Trinajstić information content (AvgIpc) is 2.58. The molecule has 15 heavy (non-hydrogen) atoms. The van der Waals surface area contributed by atoms with E-state index in [2.05, 4.69) is 26.1 Å². The predicted octanol–water partition coefficient (Wildman–Crippen LogP) is 1.55. The van der Waals surface area contributed by atoms with Crippen LogP contribution in [0, 0.1) is 5.41 Å². The molecule has 1 aliphatic rings. The molecule has 0 aromatic carbocycles. The van der Waals surface area contributed by atoms with Gasteiger partial charge in [0.15, 0.2) is 0 Å². The van der Waals surface area contributed by atoms with Crippen LogP contribution in [0.4, 0.5) is 0 Å². The predicted molar refractivity (Wildman–Crippen MR) is 61.9 cm³/mol. The van der Waals surface area contributed by atoms with E-state index in [9.17, 15) is 0 Å². The molecule has 0 aromatic rings. The monoisotopic (exact) mass is 215 g/mol. The van der Waals surface area contributed by atoms with E-state index in [1.807, 2.05) is 0 Å². The van der Waals surface area contributed by atoms with Gasteiger partial charge in [0.05, 0.1) is 6.10 Å². The fourth-order valence-electron chi connectivity index (χ4n) is 2.05. The molecule has 0 bridgehead atoms. The molecule has 0 amide bonds. The number of aliphatic hydroxyl groups is 1. The van der Waals surface area contributed by atoms with Crippen LogP contribution in [0.1, 0.15) is 40.0 Å². The van der Waals surface area contributed by atoms with Crippen LogP contribution in [-0.2, 0) is 4.74 Å². The highest BCUT2D eigenvalue weighted by Crippen LogP contribution is 2.22. The van der Waals surface area contributed by atoms with E-state index in [4.69, 9.17) is 9.84 Å². The molecule has 3 nitrogen and oxygen atoms in total. The van der Waals surface area contributed by atoms with Crippen molar-refractivity contribution in [3.63, 3.8) is 0 Å². The van der Waals surface area contributed by atoms with E-state index in [-0.39, 0.29) is 5.41 Å². The molecule has 3 heteroatoms. The topological polar surface area (TPSA) is 41.5 Å². The summed E-state index contributed by atoms with van der Waals surface area (Å²) >= 11 is 0. The maximum atomic E-state index is 8.81. The minimum absolute atomic E-state index is 0.269. The van der Waals surface area contributed by atoms with E-state index >= 15 is 0 Å². The number of ether oxygens (including phenoxy) is 1. The van der Waals surface area contributed by atoms with Crippen molar-refractivity contribution in [2.75, 3.05) is 19.8 Å². The van der Waals surface area contributed by atoms with Crippen molar-refractivity contribution < 1.29 is 9.84 Å². The van der Waals surface area contributed by atoms with Crippen molar-refractivity contribution in [1.29, 1.82) is 0 Å². The minimum atomic E-state index is 0.269. The summed E-state index contributed by atoms with van der Waals surface area (Å²) in [5.74, 6) is 0. The van der Waals surface area contributed by atoms with Crippen molar-refractivity contribution in [3.05, 3.63) is 0 Å². The van der Waals surface area contributed by atoms with E-state index in [0.29, 0.717) is 18.8 Å². The van der Waals surface area contributed by atoms with Gasteiger partial charge in [-0.1, -0.05) is 13.8 Å². The summed E-state index contributed by atoms with van der Waals surface area (Å²) < 4.78 is 5.51. The molecule has 2 unspecified atom stereocenters. The lowest BCUT2D eigenvalue weighted by Gasteiger charge is -2.27. The summed E-state index contributed by atoms with van der Waals surface area (Å²) in [6.07, 6.45) is 3.43. The van der Waals surface area contributed by atoms with Crippen molar-refractivity contribution in [3.8, 4) is 0 Å². The van der Waals surface area contributed by atoms with E-state index in [1.54, 1.807) is 0 Å². The molecule has 0 saturated carbocycles. The normalized spacial score (nSPS) is 27.2. The third-order valence-corrected chi connectivity index (χ3v) is 3.23. The van der Waals surface area contributed by atoms with Crippen molar-refractivity contribution in [2.45, 2.75) is 52.2 Å². The molecule has 0 radical (unpaired) electrons. The molecule has 1 aliphatic heterocycles. The van der Waals surface area contributed by atoms with Crippen molar-refractivity contribution in [2.24, 2.45) is 5.41 Å². The molecule has 1 fully saturated rings. The Labute approximate surface area is 93.2 Å². The van der Waals surface area contributed by atoms with Gasteiger partial charge in [0.25, 0.3) is 0 Å². The van der Waals surface area contributed by atoms with Gasteiger partial charge in [0.2, 0.25) is 0 Å². The first-order chi connectivity index (χ1) is 7.05. The zero-order valence-electron chi connectivity index (χ0n) is 10.3. The Morgan fingerprint density at radius 3 is 2.73 bits per heavy atom. The molecular weight excluding hydrogens is 190 g/mol. The Morgan fingerprint density at radius 1 is 1.47 bits per heavy atom. The standard InChI is InChI=1S/C12H25NO2/c1-10-11(5-8-15-10)13-9-12(2,3)6-4-7-14/h10-11,13-14H,4-9H2,1-3H3. The highest BCUT2D eigenvalue weighted by Gasteiger charge is 2.26. The molecule has 1 rings (SSSR count). The van der Waals surface area contributed by atoms with Gasteiger partial charge >= 0.3 is 0 Å². The van der Waals surface area contributed by atoms with Crippen LogP contribution in [-0.4, -0.2) is 37.0 Å². The Morgan fingerprint density at radius 2 is 2.20 bits per heavy atom. The molecule has 0 aromatic heterocycles. The van der Waals surface area contributed by atoms with Crippen LogP contribution in [0.5, 0.6) is 0 Å². The highest BCUT2D eigenvalue weighted by molar-refractivity contribution is 4.82. The molecule has 2 N–H and O–H groups in total. The lowest BCUT2D eigenvalue weighted by atomic mass is 9.87. The van der Waals surface area contributed by atoms with Gasteiger partial charge in [-0.15, -0.1) is 0 Å². The number of nitrogens with one attached hydrogen (secondary N) is 1. The summed E-state index contributed by atoms with van der Waals surface area (Å²) in [6, 6.07) is 0.512. The van der Waals surface area contributed by atoms with E-state index in [0.717, 1.165) is 32.4 Å². The van der Waals surface area contributed by atoms with Crippen molar-refractivity contribution >= 4 is 0 Å². The molecule has 1 heterocycles. The van der Waals surface area contributed by atoms with E-state index in [1.165, 1.54) is 0 Å². The Kier molecular flexibility index (Phi) is 5.03. The molecule has 90 valence electrons. The number of hydrogen-bond donors (Lipinski definition) is 2. The third kappa shape index (κ3) is 4.49. The molecule has 0 spiro atoms. The van der Waals surface area contributed by atoms with Crippen LogP contribution in [0.25, 0.3) is 0 Å². The molecule has 1 saturated heterocycles. The smallest absolute Gasteiger partial charge is 0.0700 e. The second-order valence-electron chi connectivity index (χ2n) is 5.34. The second kappa shape index (κ2) is 5.83. The average molecular weight is 215 g/mol. The van der Waals surface area contributed by atoms with Gasteiger partial charge in [-0.05, 0) is 31.6 Å². The van der Waals surface area contributed by atoms with Gasteiger partial charge in [0.1, 0.15) is 0 Å². The lowest BCUT2D eigenvalue weighted by molar-refractivity contribution is 0.110. The van der Waals surface area contributed by atoms with Gasteiger partial charge in [-0.3, -0.25) is 0 Å². The first-order valence-corrected chi connectivity index (χ1v) is 6.01. The number of hydrogen-bond acceptors (Lipinski definition) is 3. The lowest BCUT2D eigenvalue weighted by Crippen LogP contribution is -2.40. The van der Waals surface area contributed by atoms with Crippen LogP contribution < -0.4 is 5.32 Å². The minimum Gasteiger partial charge on any atom is -0.396 e. The summed E-state index contributed by atoms with van der Waals surface area (Å²) in [7, 11) is 0. The fraction of sp³-hybridized carbons (Fsp3) is 1.00. The van der Waals surface area contributed by atoms with Crippen LogP contribution in [0.15, 0.2) is 0 Å². The Bertz CT molecular complexity index is 182. The molecule has 0 aliphatic carbocycles. The SMILES string of the molecule is CC1OCCC1NCC(C)(C)CCCO. The quantitative estimate of drug-likeness (QED) is 0.706. The van der Waals surface area contributed by atoms with Gasteiger partial charge < -0.3 is 15.2 Å². The maximum absolute atomic E-state index is 8.81. The Hall–Kier alpha value is -0.120. The van der Waals surface area contributed by atoms with Crippen LogP contribution >= 0.6 is 0 Å². The summed E-state index contributed by atoms with van der Waals surface area (Å²) in [4.78, 5) is 0. The highest BCUT2D eigenvalue weighted by atomic mass is 16.5. The fourth-order valence-corrected chi connectivity index (χ4v) is 2.05. The number of rotatable bonds is 6. The zero-order chi connectivity index (χ0) is 11.3. The van der Waals surface area contributed by atoms with Gasteiger partial charge in [-0.2, -0.15) is 0 Å². The molecular formula is C12H25NO2. The third-order valence-electron chi connectivity index (χ3n) is 3.23. The summed E-state index contributed by atoms with van der Waals surface area (Å²) in [5, 5.41) is 12.4. The summed E-state index contributed by atoms with van der Waals surface area (Å²) in [5.41, 5.74) is 0.269. The first-order valence-electron chi connectivity index (χ1n) is 6.01. The maximum Gasteiger partial charge on any atom is 0.0700 e. The van der Waals surface area contributed by atoms with Crippen LogP contribution in [0.3, 0.4) is 0 Å². The van der Waals surface area contributed by atoms with Gasteiger partial charge in [-0.25, -0.2) is 0 Å². The zero-order valence-corrected chi connectivity index (χ0v) is 10.3. The van der Waals surface area contributed by atoms with Crippen molar-refractivity contribution in [1.82, 2.24) is 5.32 Å². The Balaban J connectivity index is 2.22. The van der Waals surface area contributed by atoms with E-state index < -0.39 is 0 Å². The summed E-state index contributed by atoms with van der Waals surface area (Å²) in [6.45, 7) is 8.81. The largest absolute Gasteiger partial charge is 0.396 e. The van der Waals surface area contributed by atoms with Gasteiger partial charge in [0, 0.05) is 25.8 Å². The van der Waals surface area contributed by atoms with Crippen LogP contribution in [0.2, 0.25) is 0 Å². The second-order valence-corrected chi connectivity index (χ2v) is 5.34.